The summed E-state index contributed by atoms with van der Waals surface area (Å²) in [5, 5.41) is 2.11. The van der Waals surface area contributed by atoms with E-state index in [0.29, 0.717) is 6.54 Å². The summed E-state index contributed by atoms with van der Waals surface area (Å²) in [6.45, 7) is 0.697. The van der Waals surface area contributed by atoms with Crippen LogP contribution < -0.4 is 5.73 Å². The van der Waals surface area contributed by atoms with Crippen molar-refractivity contribution in [3.8, 4) is 9.75 Å². The Morgan fingerprint density at radius 3 is 2.79 bits per heavy atom. The number of rotatable bonds is 3. The van der Waals surface area contributed by atoms with Crippen molar-refractivity contribution in [3.05, 3.63) is 33.5 Å². The molecule has 2 aromatic heterocycles. The summed E-state index contributed by atoms with van der Waals surface area (Å²) >= 11 is 9.28. The third kappa shape index (κ3) is 2.01. The van der Waals surface area contributed by atoms with Gasteiger partial charge in [0.05, 0.1) is 4.34 Å². The maximum Gasteiger partial charge on any atom is 0.0935 e. The number of halogens is 1. The van der Waals surface area contributed by atoms with Crippen molar-refractivity contribution in [2.24, 2.45) is 5.73 Å². The Bertz CT molecular complexity index is 419. The van der Waals surface area contributed by atoms with Crippen LogP contribution in [-0.2, 0) is 6.42 Å². The van der Waals surface area contributed by atoms with Crippen LogP contribution in [0.3, 0.4) is 0 Å². The monoisotopic (exact) mass is 243 g/mol. The van der Waals surface area contributed by atoms with E-state index in [0.717, 1.165) is 10.8 Å². The van der Waals surface area contributed by atoms with Gasteiger partial charge in [-0.25, -0.2) is 0 Å². The third-order valence-electron chi connectivity index (χ3n) is 1.96. The van der Waals surface area contributed by atoms with Gasteiger partial charge >= 0.3 is 0 Å². The first-order valence-corrected chi connectivity index (χ1v) is 6.41. The highest BCUT2D eigenvalue weighted by Gasteiger charge is 2.08. The lowest BCUT2D eigenvalue weighted by molar-refractivity contribution is 0.976. The number of hydrogen-bond donors (Lipinski definition) is 1. The molecule has 0 spiro atoms. The van der Waals surface area contributed by atoms with Crippen LogP contribution in [-0.4, -0.2) is 6.54 Å². The van der Waals surface area contributed by atoms with Gasteiger partial charge in [-0.05, 0) is 42.1 Å². The molecular weight excluding hydrogens is 234 g/mol. The Morgan fingerprint density at radius 1 is 1.29 bits per heavy atom. The van der Waals surface area contributed by atoms with Crippen LogP contribution in [0.1, 0.15) is 5.56 Å². The SMILES string of the molecule is NCCc1ccsc1-c1ccc(Cl)s1. The highest BCUT2D eigenvalue weighted by molar-refractivity contribution is 7.23. The van der Waals surface area contributed by atoms with Gasteiger partial charge < -0.3 is 5.73 Å². The largest absolute Gasteiger partial charge is 0.330 e. The van der Waals surface area contributed by atoms with Gasteiger partial charge in [-0.1, -0.05) is 11.6 Å². The number of hydrogen-bond acceptors (Lipinski definition) is 3. The molecule has 2 aromatic rings. The molecule has 0 aliphatic heterocycles. The zero-order valence-corrected chi connectivity index (χ0v) is 9.88. The summed E-state index contributed by atoms with van der Waals surface area (Å²) < 4.78 is 0.840. The summed E-state index contributed by atoms with van der Waals surface area (Å²) in [5.41, 5.74) is 6.88. The molecule has 0 fully saturated rings. The van der Waals surface area contributed by atoms with Crippen LogP contribution in [0.2, 0.25) is 4.34 Å². The molecule has 0 atom stereocenters. The van der Waals surface area contributed by atoms with Crippen molar-refractivity contribution < 1.29 is 0 Å². The first-order valence-electron chi connectivity index (χ1n) is 4.33. The zero-order chi connectivity index (χ0) is 9.97. The third-order valence-corrected chi connectivity index (χ3v) is 4.33. The van der Waals surface area contributed by atoms with E-state index in [4.69, 9.17) is 17.3 Å². The minimum absolute atomic E-state index is 0.697. The predicted molar refractivity (Wildman–Crippen MR) is 65.4 cm³/mol. The quantitative estimate of drug-likeness (QED) is 0.875. The summed E-state index contributed by atoms with van der Waals surface area (Å²) in [4.78, 5) is 2.56. The fraction of sp³-hybridized carbons (Fsp3) is 0.200. The van der Waals surface area contributed by atoms with E-state index in [-0.39, 0.29) is 0 Å². The second kappa shape index (κ2) is 4.45. The van der Waals surface area contributed by atoms with E-state index in [1.165, 1.54) is 15.3 Å². The highest BCUT2D eigenvalue weighted by Crippen LogP contribution is 2.36. The van der Waals surface area contributed by atoms with E-state index < -0.39 is 0 Å². The number of nitrogens with two attached hydrogens (primary N) is 1. The Kier molecular flexibility index (Phi) is 3.23. The Balaban J connectivity index is 2.36. The van der Waals surface area contributed by atoms with E-state index in [1.807, 2.05) is 6.07 Å². The first-order chi connectivity index (χ1) is 6.81. The van der Waals surface area contributed by atoms with Crippen molar-refractivity contribution in [2.75, 3.05) is 6.54 Å². The molecule has 0 saturated carbocycles. The van der Waals surface area contributed by atoms with Crippen molar-refractivity contribution in [2.45, 2.75) is 6.42 Å². The Morgan fingerprint density at radius 2 is 2.14 bits per heavy atom. The molecule has 0 aliphatic carbocycles. The molecule has 0 radical (unpaired) electrons. The molecule has 74 valence electrons. The average Bonchev–Trinajstić information content (AvgIpc) is 2.74. The lowest BCUT2D eigenvalue weighted by Gasteiger charge is -1.98. The molecule has 0 aliphatic rings. The summed E-state index contributed by atoms with van der Waals surface area (Å²) in [6.07, 6.45) is 0.939. The van der Waals surface area contributed by atoms with Gasteiger partial charge in [0.2, 0.25) is 0 Å². The van der Waals surface area contributed by atoms with Gasteiger partial charge in [-0.3, -0.25) is 0 Å². The molecule has 4 heteroatoms. The van der Waals surface area contributed by atoms with Crippen molar-refractivity contribution >= 4 is 34.3 Å². The fourth-order valence-electron chi connectivity index (χ4n) is 1.34. The second-order valence-electron chi connectivity index (χ2n) is 2.92. The normalized spacial score (nSPS) is 10.7. The summed E-state index contributed by atoms with van der Waals surface area (Å²) in [5.74, 6) is 0. The fourth-order valence-corrected chi connectivity index (χ4v) is 3.50. The summed E-state index contributed by atoms with van der Waals surface area (Å²) in [6, 6.07) is 6.15. The molecule has 0 aromatic carbocycles. The molecule has 0 saturated heterocycles. The molecule has 2 rings (SSSR count). The first kappa shape index (κ1) is 10.2. The molecule has 0 amide bonds. The summed E-state index contributed by atoms with van der Waals surface area (Å²) in [7, 11) is 0. The maximum atomic E-state index is 5.91. The van der Waals surface area contributed by atoms with Crippen molar-refractivity contribution in [1.29, 1.82) is 0 Å². The maximum absolute atomic E-state index is 5.91. The second-order valence-corrected chi connectivity index (χ2v) is 5.55. The van der Waals surface area contributed by atoms with Crippen LogP contribution in [0, 0.1) is 0 Å². The van der Waals surface area contributed by atoms with Crippen LogP contribution >= 0.6 is 34.3 Å². The minimum atomic E-state index is 0.697. The molecule has 2 N–H and O–H groups in total. The van der Waals surface area contributed by atoms with Gasteiger partial charge in [0.15, 0.2) is 0 Å². The Hall–Kier alpha value is -0.350. The zero-order valence-electron chi connectivity index (χ0n) is 7.50. The van der Waals surface area contributed by atoms with E-state index in [9.17, 15) is 0 Å². The average molecular weight is 244 g/mol. The van der Waals surface area contributed by atoms with E-state index >= 15 is 0 Å². The topological polar surface area (TPSA) is 26.0 Å². The lowest BCUT2D eigenvalue weighted by Crippen LogP contribution is -2.02. The van der Waals surface area contributed by atoms with Crippen molar-refractivity contribution in [1.82, 2.24) is 0 Å². The standard InChI is InChI=1S/C10H10ClNS2/c11-9-2-1-8(14-9)10-7(3-5-12)4-6-13-10/h1-2,4,6H,3,5,12H2. The van der Waals surface area contributed by atoms with E-state index in [1.54, 1.807) is 22.7 Å². The highest BCUT2D eigenvalue weighted by atomic mass is 35.5. The predicted octanol–water partition coefficient (Wildman–Crippen LogP) is 3.63. The number of thiophene rings is 2. The van der Waals surface area contributed by atoms with Crippen LogP contribution in [0.15, 0.2) is 23.6 Å². The molecule has 1 nitrogen and oxygen atoms in total. The van der Waals surface area contributed by atoms with E-state index in [2.05, 4.69) is 17.5 Å². The minimum Gasteiger partial charge on any atom is -0.330 e. The van der Waals surface area contributed by atoms with Gasteiger partial charge in [0.25, 0.3) is 0 Å². The van der Waals surface area contributed by atoms with Crippen molar-refractivity contribution in [3.63, 3.8) is 0 Å². The van der Waals surface area contributed by atoms with Crippen LogP contribution in [0.25, 0.3) is 9.75 Å². The molecule has 0 unspecified atom stereocenters. The van der Waals surface area contributed by atoms with Crippen LogP contribution in [0.5, 0.6) is 0 Å². The van der Waals surface area contributed by atoms with Crippen LogP contribution in [0.4, 0.5) is 0 Å². The van der Waals surface area contributed by atoms with Gasteiger partial charge in [-0.15, -0.1) is 22.7 Å². The van der Waals surface area contributed by atoms with Gasteiger partial charge in [0.1, 0.15) is 0 Å². The van der Waals surface area contributed by atoms with Gasteiger partial charge in [0, 0.05) is 9.75 Å². The lowest BCUT2D eigenvalue weighted by atomic mass is 10.2. The Labute approximate surface area is 96.1 Å². The smallest absolute Gasteiger partial charge is 0.0935 e. The van der Waals surface area contributed by atoms with Gasteiger partial charge in [-0.2, -0.15) is 0 Å². The molecule has 14 heavy (non-hydrogen) atoms. The molecule has 0 bridgehead atoms. The molecular formula is C10H10ClNS2. The molecule has 2 heterocycles.